The molecule has 4 nitrogen and oxygen atoms in total. The maximum atomic E-state index is 12.9. The van der Waals surface area contributed by atoms with E-state index in [1.165, 1.54) is 0 Å². The molecule has 0 N–H and O–H groups in total. The van der Waals surface area contributed by atoms with E-state index in [0.717, 1.165) is 48.4 Å². The van der Waals surface area contributed by atoms with E-state index in [2.05, 4.69) is 30.7 Å². The van der Waals surface area contributed by atoms with Crippen molar-refractivity contribution in [3.05, 3.63) is 70.0 Å². The second kappa shape index (κ2) is 6.42. The Morgan fingerprint density at radius 2 is 2.04 bits per heavy atom. The first-order chi connectivity index (χ1) is 12.5. The Hall–Kier alpha value is -2.93. The SMILES string of the molecule is CC1(C)CCCn2c(nc3cc(C#Cc4ccccn4)ccc3c2=O)C1. The van der Waals surface area contributed by atoms with Crippen LogP contribution in [0.2, 0.25) is 0 Å². The van der Waals surface area contributed by atoms with Crippen LogP contribution < -0.4 is 5.56 Å². The zero-order valence-corrected chi connectivity index (χ0v) is 15.1. The van der Waals surface area contributed by atoms with E-state index in [1.807, 2.05) is 41.0 Å². The van der Waals surface area contributed by atoms with Crippen molar-refractivity contribution >= 4 is 10.9 Å². The molecule has 0 amide bonds. The topological polar surface area (TPSA) is 47.8 Å². The molecule has 1 aliphatic heterocycles. The summed E-state index contributed by atoms with van der Waals surface area (Å²) in [5.41, 5.74) is 2.53. The van der Waals surface area contributed by atoms with Crippen LogP contribution in [0.3, 0.4) is 0 Å². The fourth-order valence-electron chi connectivity index (χ4n) is 3.52. The quantitative estimate of drug-likeness (QED) is 0.587. The summed E-state index contributed by atoms with van der Waals surface area (Å²) in [6, 6.07) is 11.3. The van der Waals surface area contributed by atoms with Gasteiger partial charge in [0.15, 0.2) is 0 Å². The molecule has 0 spiro atoms. The van der Waals surface area contributed by atoms with Gasteiger partial charge in [0, 0.05) is 24.7 Å². The summed E-state index contributed by atoms with van der Waals surface area (Å²) in [7, 11) is 0. The van der Waals surface area contributed by atoms with Crippen LogP contribution >= 0.6 is 0 Å². The van der Waals surface area contributed by atoms with Gasteiger partial charge in [0.05, 0.1) is 10.9 Å². The molecule has 2 aromatic heterocycles. The number of pyridine rings is 1. The molecule has 1 aromatic carbocycles. The van der Waals surface area contributed by atoms with Gasteiger partial charge < -0.3 is 0 Å². The number of rotatable bonds is 0. The molecule has 0 saturated heterocycles. The lowest BCUT2D eigenvalue weighted by atomic mass is 9.85. The fourth-order valence-corrected chi connectivity index (χ4v) is 3.52. The van der Waals surface area contributed by atoms with E-state index in [9.17, 15) is 4.79 Å². The lowest BCUT2D eigenvalue weighted by Gasteiger charge is -2.21. The third kappa shape index (κ3) is 3.25. The highest BCUT2D eigenvalue weighted by Gasteiger charge is 2.25. The van der Waals surface area contributed by atoms with Gasteiger partial charge in [-0.05, 0) is 54.5 Å². The smallest absolute Gasteiger partial charge is 0.261 e. The Kier molecular flexibility index (Phi) is 4.08. The zero-order chi connectivity index (χ0) is 18.1. The van der Waals surface area contributed by atoms with Gasteiger partial charge in [0.25, 0.3) is 5.56 Å². The van der Waals surface area contributed by atoms with Gasteiger partial charge in [-0.1, -0.05) is 25.8 Å². The third-order valence-electron chi connectivity index (χ3n) is 4.91. The molecule has 4 heteroatoms. The van der Waals surface area contributed by atoms with Crippen LogP contribution in [-0.2, 0) is 13.0 Å². The predicted molar refractivity (Wildman–Crippen MR) is 103 cm³/mol. The fraction of sp³-hybridized carbons (Fsp3) is 0.318. The minimum atomic E-state index is 0.0620. The van der Waals surface area contributed by atoms with Crippen LogP contribution in [0.4, 0.5) is 0 Å². The standard InChI is InChI=1S/C22H21N3O/c1-22(2)11-5-13-25-20(15-22)24-19-14-16(8-10-18(19)21(25)26)7-9-17-6-3-4-12-23-17/h3-4,6,8,10,12,14H,5,11,13,15H2,1-2H3. The predicted octanol–water partition coefficient (Wildman–Crippen LogP) is 3.55. The lowest BCUT2D eigenvalue weighted by molar-refractivity contribution is 0.330. The highest BCUT2D eigenvalue weighted by molar-refractivity contribution is 5.79. The molecule has 130 valence electrons. The van der Waals surface area contributed by atoms with E-state index in [4.69, 9.17) is 4.98 Å². The van der Waals surface area contributed by atoms with Crippen molar-refractivity contribution in [2.24, 2.45) is 5.41 Å². The molecule has 0 radical (unpaired) electrons. The van der Waals surface area contributed by atoms with Crippen LogP contribution in [0.15, 0.2) is 47.4 Å². The Balaban J connectivity index is 1.79. The summed E-state index contributed by atoms with van der Waals surface area (Å²) in [5.74, 6) is 7.06. The summed E-state index contributed by atoms with van der Waals surface area (Å²) < 4.78 is 1.86. The van der Waals surface area contributed by atoms with Crippen molar-refractivity contribution < 1.29 is 0 Å². The van der Waals surface area contributed by atoms with Gasteiger partial charge in [0.1, 0.15) is 11.5 Å². The summed E-state index contributed by atoms with van der Waals surface area (Å²) in [6.07, 6.45) is 4.67. The average Bonchev–Trinajstić information content (AvgIpc) is 2.78. The minimum Gasteiger partial charge on any atom is -0.296 e. The summed E-state index contributed by atoms with van der Waals surface area (Å²) in [5, 5.41) is 0.664. The van der Waals surface area contributed by atoms with Gasteiger partial charge in [-0.25, -0.2) is 9.97 Å². The van der Waals surface area contributed by atoms with E-state index in [-0.39, 0.29) is 11.0 Å². The molecule has 26 heavy (non-hydrogen) atoms. The Morgan fingerprint density at radius 1 is 1.15 bits per heavy atom. The van der Waals surface area contributed by atoms with Crippen LogP contribution in [0.1, 0.15) is 43.8 Å². The summed E-state index contributed by atoms with van der Waals surface area (Å²) in [6.45, 7) is 5.24. The van der Waals surface area contributed by atoms with E-state index >= 15 is 0 Å². The summed E-state index contributed by atoms with van der Waals surface area (Å²) in [4.78, 5) is 21.9. The molecular formula is C22H21N3O. The van der Waals surface area contributed by atoms with Crippen LogP contribution in [-0.4, -0.2) is 14.5 Å². The molecule has 1 aliphatic rings. The molecule has 0 aliphatic carbocycles. The molecular weight excluding hydrogens is 322 g/mol. The lowest BCUT2D eigenvalue weighted by Crippen LogP contribution is -2.25. The Labute approximate surface area is 152 Å². The van der Waals surface area contributed by atoms with Crippen molar-refractivity contribution in [2.75, 3.05) is 0 Å². The van der Waals surface area contributed by atoms with Crippen molar-refractivity contribution in [3.8, 4) is 11.8 Å². The first-order valence-electron chi connectivity index (χ1n) is 8.98. The number of fused-ring (bicyclic) bond motifs is 2. The van der Waals surface area contributed by atoms with Gasteiger partial charge in [-0.15, -0.1) is 0 Å². The van der Waals surface area contributed by atoms with Crippen LogP contribution in [0.5, 0.6) is 0 Å². The van der Waals surface area contributed by atoms with Crippen molar-refractivity contribution in [2.45, 2.75) is 39.7 Å². The minimum absolute atomic E-state index is 0.0620. The monoisotopic (exact) mass is 343 g/mol. The normalized spacial score (nSPS) is 15.6. The largest absolute Gasteiger partial charge is 0.296 e. The van der Waals surface area contributed by atoms with Crippen molar-refractivity contribution in [1.29, 1.82) is 0 Å². The van der Waals surface area contributed by atoms with Crippen LogP contribution in [0, 0.1) is 17.3 Å². The average molecular weight is 343 g/mol. The summed E-state index contributed by atoms with van der Waals surface area (Å²) >= 11 is 0. The molecule has 3 heterocycles. The van der Waals surface area contributed by atoms with Crippen LogP contribution in [0.25, 0.3) is 10.9 Å². The van der Waals surface area contributed by atoms with Gasteiger partial charge in [0.2, 0.25) is 0 Å². The number of aromatic nitrogens is 3. The zero-order valence-electron chi connectivity index (χ0n) is 15.1. The molecule has 0 bridgehead atoms. The molecule has 0 saturated carbocycles. The van der Waals surface area contributed by atoms with Gasteiger partial charge >= 0.3 is 0 Å². The maximum Gasteiger partial charge on any atom is 0.261 e. The van der Waals surface area contributed by atoms with E-state index in [1.54, 1.807) is 6.20 Å². The van der Waals surface area contributed by atoms with Gasteiger partial charge in [-0.2, -0.15) is 0 Å². The molecule has 3 aromatic rings. The molecule has 0 atom stereocenters. The highest BCUT2D eigenvalue weighted by Crippen LogP contribution is 2.30. The molecule has 0 fully saturated rings. The number of benzene rings is 1. The number of hydrogen-bond donors (Lipinski definition) is 0. The van der Waals surface area contributed by atoms with E-state index in [0.29, 0.717) is 5.39 Å². The second-order valence-electron chi connectivity index (χ2n) is 7.63. The van der Waals surface area contributed by atoms with Crippen molar-refractivity contribution in [1.82, 2.24) is 14.5 Å². The second-order valence-corrected chi connectivity index (χ2v) is 7.63. The maximum absolute atomic E-state index is 12.9. The van der Waals surface area contributed by atoms with Gasteiger partial charge in [-0.3, -0.25) is 9.36 Å². The Bertz CT molecular complexity index is 1090. The van der Waals surface area contributed by atoms with E-state index < -0.39 is 0 Å². The Morgan fingerprint density at radius 3 is 2.85 bits per heavy atom. The first kappa shape index (κ1) is 16.5. The molecule has 0 unspecified atom stereocenters. The highest BCUT2D eigenvalue weighted by atomic mass is 16.1. The van der Waals surface area contributed by atoms with Crippen molar-refractivity contribution in [3.63, 3.8) is 0 Å². The number of hydrogen-bond acceptors (Lipinski definition) is 3. The number of nitrogens with zero attached hydrogens (tertiary/aromatic N) is 3. The first-order valence-corrected chi connectivity index (χ1v) is 8.98. The third-order valence-corrected chi connectivity index (χ3v) is 4.91. The molecule has 4 rings (SSSR count).